The molecule has 0 saturated heterocycles. The molecule has 35 heavy (non-hydrogen) atoms. The van der Waals surface area contributed by atoms with Gasteiger partial charge in [-0.25, -0.2) is 0 Å². The van der Waals surface area contributed by atoms with Crippen LogP contribution in [0.15, 0.2) is 48.5 Å². The summed E-state index contributed by atoms with van der Waals surface area (Å²) in [6.45, 7) is 1.62. The lowest BCUT2D eigenvalue weighted by Gasteiger charge is -2.14. The summed E-state index contributed by atoms with van der Waals surface area (Å²) in [5.41, 5.74) is 3.72. The summed E-state index contributed by atoms with van der Waals surface area (Å²) in [7, 11) is 3.73. The topological polar surface area (TPSA) is 123 Å². The van der Waals surface area contributed by atoms with E-state index in [1.165, 1.54) is 12.1 Å². The summed E-state index contributed by atoms with van der Waals surface area (Å²) in [5.74, 6) is -2.33. The summed E-state index contributed by atoms with van der Waals surface area (Å²) in [5, 5.41) is 25.2. The highest BCUT2D eigenvalue weighted by Gasteiger charge is 2.18. The van der Waals surface area contributed by atoms with E-state index in [9.17, 15) is 19.8 Å². The fourth-order valence-corrected chi connectivity index (χ4v) is 4.45. The van der Waals surface area contributed by atoms with E-state index in [1.54, 1.807) is 0 Å². The SMILES string of the molecule is CNCCCC(Cc1cccc(NSNc2cccc(CC(CCCNC)C(=O)O)c2)c1)C(=O)O. The molecule has 0 saturated carbocycles. The molecule has 0 fully saturated rings. The highest BCUT2D eigenvalue weighted by Crippen LogP contribution is 2.23. The van der Waals surface area contributed by atoms with Gasteiger partial charge in [0.15, 0.2) is 0 Å². The number of benzene rings is 2. The third-order valence-electron chi connectivity index (χ3n) is 5.81. The zero-order valence-electron chi connectivity index (χ0n) is 20.5. The second-order valence-electron chi connectivity index (χ2n) is 8.68. The van der Waals surface area contributed by atoms with Crippen molar-refractivity contribution in [3.8, 4) is 0 Å². The van der Waals surface area contributed by atoms with E-state index >= 15 is 0 Å². The van der Waals surface area contributed by atoms with Gasteiger partial charge in [0.2, 0.25) is 0 Å². The minimum atomic E-state index is -0.762. The van der Waals surface area contributed by atoms with E-state index in [4.69, 9.17) is 0 Å². The van der Waals surface area contributed by atoms with E-state index in [0.717, 1.165) is 48.4 Å². The van der Waals surface area contributed by atoms with E-state index < -0.39 is 23.8 Å². The third kappa shape index (κ3) is 11.0. The van der Waals surface area contributed by atoms with Gasteiger partial charge in [0.05, 0.1) is 24.0 Å². The molecule has 2 rings (SSSR count). The summed E-state index contributed by atoms with van der Waals surface area (Å²) < 4.78 is 6.50. The monoisotopic (exact) mass is 502 g/mol. The van der Waals surface area contributed by atoms with E-state index in [2.05, 4.69) is 20.1 Å². The molecule has 0 aromatic heterocycles. The largest absolute Gasteiger partial charge is 0.481 e. The van der Waals surface area contributed by atoms with Crippen molar-refractivity contribution in [2.75, 3.05) is 36.6 Å². The second kappa shape index (κ2) is 16.0. The van der Waals surface area contributed by atoms with Crippen LogP contribution in [-0.4, -0.2) is 49.3 Å². The Kier molecular flexibility index (Phi) is 13.0. The first-order valence-electron chi connectivity index (χ1n) is 12.0. The maximum Gasteiger partial charge on any atom is 0.306 e. The first kappa shape index (κ1) is 28.5. The first-order valence-corrected chi connectivity index (χ1v) is 12.8. The van der Waals surface area contributed by atoms with Crippen LogP contribution in [0.5, 0.6) is 0 Å². The molecule has 0 radical (unpaired) electrons. The lowest BCUT2D eigenvalue weighted by molar-refractivity contribution is -0.142. The van der Waals surface area contributed by atoms with E-state index in [0.29, 0.717) is 25.7 Å². The van der Waals surface area contributed by atoms with E-state index in [-0.39, 0.29) is 0 Å². The van der Waals surface area contributed by atoms with E-state index in [1.807, 2.05) is 62.6 Å². The molecule has 0 aliphatic heterocycles. The molecule has 6 N–H and O–H groups in total. The average molecular weight is 503 g/mol. The van der Waals surface area contributed by atoms with Gasteiger partial charge in [-0.3, -0.25) is 9.59 Å². The average Bonchev–Trinajstić information content (AvgIpc) is 2.83. The standard InChI is InChI=1S/C26H38N4O4S/c1-27-13-5-9-21(25(31)32)15-19-7-3-11-23(17-19)29-35-30-24-12-4-8-20(18-24)16-22(26(33)34)10-6-14-28-2/h3-4,7-8,11-12,17-18,21-22,27-30H,5-6,9-10,13-16H2,1-2H3,(H,31,32)(H,33,34). The lowest BCUT2D eigenvalue weighted by Crippen LogP contribution is -2.19. The van der Waals surface area contributed by atoms with Crippen LogP contribution in [0.1, 0.15) is 36.8 Å². The van der Waals surface area contributed by atoms with Crippen LogP contribution in [0.3, 0.4) is 0 Å². The van der Waals surface area contributed by atoms with Gasteiger partial charge in [-0.2, -0.15) is 0 Å². The van der Waals surface area contributed by atoms with Crippen LogP contribution < -0.4 is 20.1 Å². The highest BCUT2D eigenvalue weighted by molar-refractivity contribution is 8.01. The Morgan fingerprint density at radius 2 is 1.20 bits per heavy atom. The number of hydrogen-bond acceptors (Lipinski definition) is 7. The van der Waals surface area contributed by atoms with Crippen molar-refractivity contribution < 1.29 is 19.8 Å². The maximum absolute atomic E-state index is 11.6. The van der Waals surface area contributed by atoms with Crippen molar-refractivity contribution >= 4 is 35.4 Å². The summed E-state index contributed by atoms with van der Waals surface area (Å²) in [6.07, 6.45) is 3.92. The second-order valence-corrected chi connectivity index (χ2v) is 9.29. The summed E-state index contributed by atoms with van der Waals surface area (Å²) in [6, 6.07) is 15.6. The highest BCUT2D eigenvalue weighted by atomic mass is 32.2. The number of carboxylic acids is 2. The zero-order valence-corrected chi connectivity index (χ0v) is 21.4. The van der Waals surface area contributed by atoms with Gasteiger partial charge in [0.25, 0.3) is 0 Å². The number of nitrogens with one attached hydrogen (secondary N) is 4. The molecule has 2 aromatic carbocycles. The Balaban J connectivity index is 1.89. The molecule has 0 amide bonds. The normalized spacial score (nSPS) is 12.6. The Bertz CT molecular complexity index is 854. The van der Waals surface area contributed by atoms with Crippen molar-refractivity contribution in [1.82, 2.24) is 10.6 Å². The van der Waals surface area contributed by atoms with Crippen molar-refractivity contribution in [1.29, 1.82) is 0 Å². The Labute approximate surface area is 212 Å². The Morgan fingerprint density at radius 1 is 0.771 bits per heavy atom. The fourth-order valence-electron chi connectivity index (χ4n) is 3.91. The molecule has 8 nitrogen and oxygen atoms in total. The number of hydrogen-bond donors (Lipinski definition) is 6. The first-order chi connectivity index (χ1) is 16.9. The van der Waals surface area contributed by atoms with Gasteiger partial charge in [-0.05, 0) is 101 Å². The lowest BCUT2D eigenvalue weighted by atomic mass is 9.94. The molecule has 0 aliphatic carbocycles. The Morgan fingerprint density at radius 3 is 1.57 bits per heavy atom. The number of aliphatic carboxylic acids is 2. The minimum Gasteiger partial charge on any atom is -0.481 e. The van der Waals surface area contributed by atoms with Gasteiger partial charge >= 0.3 is 11.9 Å². The quantitative estimate of drug-likeness (QED) is 0.131. The number of carboxylic acid groups (broad SMARTS) is 2. The van der Waals surface area contributed by atoms with Crippen LogP contribution >= 0.6 is 12.1 Å². The van der Waals surface area contributed by atoms with Gasteiger partial charge in [0, 0.05) is 11.4 Å². The molecule has 0 aliphatic rings. The smallest absolute Gasteiger partial charge is 0.306 e. The molecule has 2 atom stereocenters. The van der Waals surface area contributed by atoms with Gasteiger partial charge in [-0.15, -0.1) is 0 Å². The minimum absolute atomic E-state index is 0.403. The molecular formula is C26H38N4O4S. The van der Waals surface area contributed by atoms with Gasteiger partial charge in [-0.1, -0.05) is 24.3 Å². The van der Waals surface area contributed by atoms with Crippen LogP contribution in [0, 0.1) is 11.8 Å². The number of carbonyl (C=O) groups is 2. The van der Waals surface area contributed by atoms with Crippen molar-refractivity contribution in [3.05, 3.63) is 59.7 Å². The molecule has 9 heteroatoms. The molecule has 192 valence electrons. The molecule has 0 bridgehead atoms. The Hall–Kier alpha value is -2.75. The van der Waals surface area contributed by atoms with Crippen LogP contribution in [0.25, 0.3) is 0 Å². The third-order valence-corrected chi connectivity index (χ3v) is 6.49. The van der Waals surface area contributed by atoms with Crippen LogP contribution in [0.4, 0.5) is 11.4 Å². The molecule has 2 unspecified atom stereocenters. The van der Waals surface area contributed by atoms with Crippen molar-refractivity contribution in [3.63, 3.8) is 0 Å². The zero-order chi connectivity index (χ0) is 25.5. The van der Waals surface area contributed by atoms with Crippen LogP contribution in [-0.2, 0) is 22.4 Å². The predicted octanol–water partition coefficient (Wildman–Crippen LogP) is 4.26. The fraction of sp³-hybridized carbons (Fsp3) is 0.462. The number of rotatable bonds is 18. The molecule has 0 heterocycles. The molecule has 0 spiro atoms. The van der Waals surface area contributed by atoms with Crippen molar-refractivity contribution in [2.24, 2.45) is 11.8 Å². The summed E-state index contributed by atoms with van der Waals surface area (Å²) >= 11 is 1.31. The predicted molar refractivity (Wildman–Crippen MR) is 144 cm³/mol. The summed E-state index contributed by atoms with van der Waals surface area (Å²) in [4.78, 5) is 23.2. The van der Waals surface area contributed by atoms with Gasteiger partial charge < -0.3 is 30.3 Å². The molecular weight excluding hydrogens is 464 g/mol. The van der Waals surface area contributed by atoms with Crippen LogP contribution in [0.2, 0.25) is 0 Å². The maximum atomic E-state index is 11.6. The molecule has 2 aromatic rings. The number of anilines is 2. The van der Waals surface area contributed by atoms with Gasteiger partial charge in [0.1, 0.15) is 0 Å². The van der Waals surface area contributed by atoms with Crippen molar-refractivity contribution in [2.45, 2.75) is 38.5 Å².